The van der Waals surface area contributed by atoms with Gasteiger partial charge in [0.05, 0.1) is 0 Å². The van der Waals surface area contributed by atoms with Crippen molar-refractivity contribution in [1.82, 2.24) is 15.3 Å². The molecule has 0 spiro atoms. The quantitative estimate of drug-likeness (QED) is 0.855. The fourth-order valence-corrected chi connectivity index (χ4v) is 1.89. The molecule has 0 bridgehead atoms. The van der Waals surface area contributed by atoms with Crippen LogP contribution in [0.15, 0.2) is 36.4 Å². The van der Waals surface area contributed by atoms with Crippen LogP contribution < -0.4 is 10.6 Å². The topological polar surface area (TPSA) is 66.9 Å². The lowest BCUT2D eigenvalue weighted by molar-refractivity contribution is 0.0948. The highest BCUT2D eigenvalue weighted by Gasteiger charge is 2.09. The molecular formula is C16H20N4O. The maximum absolute atomic E-state index is 12.0. The fraction of sp³-hybridized carbons (Fsp3) is 0.312. The molecule has 0 radical (unpaired) electrons. The van der Waals surface area contributed by atoms with E-state index in [0.717, 1.165) is 12.0 Å². The maximum Gasteiger partial charge on any atom is 0.270 e. The van der Waals surface area contributed by atoms with E-state index in [-0.39, 0.29) is 5.91 Å². The van der Waals surface area contributed by atoms with Crippen molar-refractivity contribution in [1.29, 1.82) is 0 Å². The van der Waals surface area contributed by atoms with Gasteiger partial charge in [-0.1, -0.05) is 37.3 Å². The number of aryl methyl sites for hydroxylation is 1. The van der Waals surface area contributed by atoms with Crippen LogP contribution in [-0.4, -0.2) is 22.4 Å². The molecule has 2 N–H and O–H groups in total. The smallest absolute Gasteiger partial charge is 0.270 e. The van der Waals surface area contributed by atoms with Crippen LogP contribution in [0.4, 0.5) is 5.82 Å². The zero-order chi connectivity index (χ0) is 15.1. The minimum absolute atomic E-state index is 0.162. The number of nitrogens with zero attached hydrogens (tertiary/aromatic N) is 2. The molecule has 0 aliphatic carbocycles. The van der Waals surface area contributed by atoms with E-state index >= 15 is 0 Å². The van der Waals surface area contributed by atoms with Gasteiger partial charge in [-0.15, -0.1) is 0 Å². The van der Waals surface area contributed by atoms with Gasteiger partial charge in [-0.25, -0.2) is 9.97 Å². The Morgan fingerprint density at radius 1 is 1.19 bits per heavy atom. The first kappa shape index (κ1) is 15.0. The minimum atomic E-state index is -0.162. The van der Waals surface area contributed by atoms with Crippen LogP contribution in [0.1, 0.15) is 35.2 Å². The summed E-state index contributed by atoms with van der Waals surface area (Å²) in [5, 5.41) is 6.04. The summed E-state index contributed by atoms with van der Waals surface area (Å²) in [6.07, 6.45) is 0.898. The van der Waals surface area contributed by atoms with Gasteiger partial charge >= 0.3 is 0 Å². The molecule has 0 unspecified atom stereocenters. The Hall–Kier alpha value is -2.43. The first-order valence-electron chi connectivity index (χ1n) is 7.10. The second-order valence-corrected chi connectivity index (χ2v) is 4.78. The molecule has 2 aromatic rings. The molecule has 0 aliphatic rings. The van der Waals surface area contributed by atoms with Crippen molar-refractivity contribution in [3.8, 4) is 0 Å². The van der Waals surface area contributed by atoms with Crippen LogP contribution in [0.2, 0.25) is 0 Å². The molecule has 0 fully saturated rings. The van der Waals surface area contributed by atoms with Crippen molar-refractivity contribution in [2.45, 2.75) is 26.8 Å². The summed E-state index contributed by atoms with van der Waals surface area (Å²) in [6.45, 7) is 5.10. The Bertz CT molecular complexity index is 598. The zero-order valence-electron chi connectivity index (χ0n) is 12.4. The highest BCUT2D eigenvalue weighted by molar-refractivity contribution is 5.92. The van der Waals surface area contributed by atoms with Crippen LogP contribution in [0, 0.1) is 6.92 Å². The van der Waals surface area contributed by atoms with Crippen molar-refractivity contribution < 1.29 is 4.79 Å². The van der Waals surface area contributed by atoms with E-state index in [1.807, 2.05) is 37.3 Å². The lowest BCUT2D eigenvalue weighted by atomic mass is 10.2. The molecule has 5 heteroatoms. The summed E-state index contributed by atoms with van der Waals surface area (Å²) in [4.78, 5) is 20.4. The first-order chi connectivity index (χ1) is 10.2. The van der Waals surface area contributed by atoms with E-state index in [4.69, 9.17) is 0 Å². The van der Waals surface area contributed by atoms with E-state index in [0.29, 0.717) is 30.4 Å². The van der Waals surface area contributed by atoms with E-state index < -0.39 is 0 Å². The number of carbonyl (C=O) groups is 1. The molecule has 1 heterocycles. The largest absolute Gasteiger partial charge is 0.366 e. The van der Waals surface area contributed by atoms with Gasteiger partial charge in [-0.05, 0) is 18.9 Å². The van der Waals surface area contributed by atoms with Gasteiger partial charge in [0.15, 0.2) is 0 Å². The molecule has 5 nitrogen and oxygen atoms in total. The molecule has 21 heavy (non-hydrogen) atoms. The van der Waals surface area contributed by atoms with Crippen molar-refractivity contribution in [2.24, 2.45) is 0 Å². The summed E-state index contributed by atoms with van der Waals surface area (Å²) in [7, 11) is 0. The molecule has 2 rings (SSSR count). The van der Waals surface area contributed by atoms with E-state index in [2.05, 4.69) is 20.6 Å². The normalized spacial score (nSPS) is 10.2. The SMILES string of the molecule is CCCNC(=O)c1cc(NCc2ccccc2)nc(C)n1. The van der Waals surface area contributed by atoms with Crippen LogP contribution in [0.5, 0.6) is 0 Å². The number of hydrogen-bond donors (Lipinski definition) is 2. The number of amides is 1. The van der Waals surface area contributed by atoms with Crippen molar-refractivity contribution in [2.75, 3.05) is 11.9 Å². The van der Waals surface area contributed by atoms with E-state index in [1.54, 1.807) is 13.0 Å². The van der Waals surface area contributed by atoms with Gasteiger partial charge in [0.25, 0.3) is 5.91 Å². The van der Waals surface area contributed by atoms with Crippen LogP contribution in [-0.2, 0) is 6.54 Å². The summed E-state index contributed by atoms with van der Waals surface area (Å²) < 4.78 is 0. The van der Waals surface area contributed by atoms with Gasteiger partial charge < -0.3 is 10.6 Å². The van der Waals surface area contributed by atoms with Gasteiger partial charge in [-0.2, -0.15) is 0 Å². The lowest BCUT2D eigenvalue weighted by Crippen LogP contribution is -2.25. The second kappa shape index (κ2) is 7.38. The minimum Gasteiger partial charge on any atom is -0.366 e. The molecule has 0 saturated carbocycles. The van der Waals surface area contributed by atoms with Crippen molar-refractivity contribution in [3.63, 3.8) is 0 Å². The number of rotatable bonds is 6. The molecule has 1 aromatic carbocycles. The van der Waals surface area contributed by atoms with E-state index in [9.17, 15) is 4.79 Å². The third-order valence-corrected chi connectivity index (χ3v) is 2.92. The Morgan fingerprint density at radius 2 is 1.95 bits per heavy atom. The standard InChI is InChI=1S/C16H20N4O/c1-3-9-17-16(21)14-10-15(20-12(2)19-14)18-11-13-7-5-4-6-8-13/h4-8,10H,3,9,11H2,1-2H3,(H,17,21)(H,18,19,20). The van der Waals surface area contributed by atoms with Crippen LogP contribution in [0.3, 0.4) is 0 Å². The van der Waals surface area contributed by atoms with Gasteiger partial charge in [0.2, 0.25) is 0 Å². The maximum atomic E-state index is 12.0. The van der Waals surface area contributed by atoms with Crippen molar-refractivity contribution in [3.05, 3.63) is 53.5 Å². The number of carbonyl (C=O) groups excluding carboxylic acids is 1. The average Bonchev–Trinajstić information content (AvgIpc) is 2.51. The number of anilines is 1. The van der Waals surface area contributed by atoms with Gasteiger partial charge in [0, 0.05) is 19.2 Å². The van der Waals surface area contributed by atoms with Gasteiger partial charge in [0.1, 0.15) is 17.3 Å². The number of nitrogens with one attached hydrogen (secondary N) is 2. The Morgan fingerprint density at radius 3 is 2.67 bits per heavy atom. The average molecular weight is 284 g/mol. The third-order valence-electron chi connectivity index (χ3n) is 2.92. The lowest BCUT2D eigenvalue weighted by Gasteiger charge is -2.09. The summed E-state index contributed by atoms with van der Waals surface area (Å²) in [6, 6.07) is 11.7. The van der Waals surface area contributed by atoms with Crippen molar-refractivity contribution >= 4 is 11.7 Å². The third kappa shape index (κ3) is 4.56. The summed E-state index contributed by atoms with van der Waals surface area (Å²) in [5.74, 6) is 1.08. The fourth-order valence-electron chi connectivity index (χ4n) is 1.89. The summed E-state index contributed by atoms with van der Waals surface area (Å²) >= 11 is 0. The van der Waals surface area contributed by atoms with Gasteiger partial charge in [-0.3, -0.25) is 4.79 Å². The highest BCUT2D eigenvalue weighted by Crippen LogP contribution is 2.09. The molecule has 0 atom stereocenters. The van der Waals surface area contributed by atoms with Crippen LogP contribution >= 0.6 is 0 Å². The highest BCUT2D eigenvalue weighted by atomic mass is 16.1. The van der Waals surface area contributed by atoms with Crippen LogP contribution in [0.25, 0.3) is 0 Å². The summed E-state index contributed by atoms with van der Waals surface area (Å²) in [5.41, 5.74) is 1.55. The molecule has 0 saturated heterocycles. The number of hydrogen-bond acceptors (Lipinski definition) is 4. The molecule has 1 aromatic heterocycles. The molecule has 1 amide bonds. The number of benzene rings is 1. The molecular weight excluding hydrogens is 264 g/mol. The predicted octanol–water partition coefficient (Wildman–Crippen LogP) is 2.54. The molecule has 110 valence electrons. The second-order valence-electron chi connectivity index (χ2n) is 4.78. The Labute approximate surface area is 124 Å². The zero-order valence-corrected chi connectivity index (χ0v) is 12.4. The first-order valence-corrected chi connectivity index (χ1v) is 7.10. The Kier molecular flexibility index (Phi) is 5.26. The monoisotopic (exact) mass is 284 g/mol. The van der Waals surface area contributed by atoms with E-state index in [1.165, 1.54) is 0 Å². The molecule has 0 aliphatic heterocycles. The number of aromatic nitrogens is 2. The predicted molar refractivity (Wildman–Crippen MR) is 83.2 cm³/mol. The Balaban J connectivity index is 2.06.